The highest BCUT2D eigenvalue weighted by atomic mass is 16.1. The van der Waals surface area contributed by atoms with Crippen molar-refractivity contribution in [2.75, 3.05) is 6.54 Å². The molecule has 0 saturated heterocycles. The molecule has 1 N–H and O–H groups in total. The van der Waals surface area contributed by atoms with E-state index in [2.05, 4.69) is 12.2 Å². The van der Waals surface area contributed by atoms with Gasteiger partial charge in [0.25, 0.3) is 0 Å². The number of carbonyl (C=O) groups is 1. The third-order valence-electron chi connectivity index (χ3n) is 2.75. The molecule has 1 rings (SSSR count). The van der Waals surface area contributed by atoms with Crippen molar-refractivity contribution in [1.29, 1.82) is 0 Å². The second-order valence-corrected chi connectivity index (χ2v) is 3.55. The molecule has 0 aliphatic heterocycles. The quantitative estimate of drug-likeness (QED) is 0.616. The fourth-order valence-corrected chi connectivity index (χ4v) is 1.90. The first-order valence-electron chi connectivity index (χ1n) is 4.51. The van der Waals surface area contributed by atoms with Crippen molar-refractivity contribution in [1.82, 2.24) is 5.32 Å². The molecular weight excluding hydrogens is 138 g/mol. The minimum Gasteiger partial charge on any atom is -0.358 e. The van der Waals surface area contributed by atoms with Gasteiger partial charge in [-0.25, -0.2) is 0 Å². The van der Waals surface area contributed by atoms with Crippen molar-refractivity contribution in [3.63, 3.8) is 0 Å². The predicted molar refractivity (Wildman–Crippen MR) is 45.2 cm³/mol. The molecule has 2 atom stereocenters. The number of carbonyl (C=O) groups excluding carboxylic acids is 1. The lowest BCUT2D eigenvalue weighted by Gasteiger charge is -2.28. The molecule has 1 fully saturated rings. The SMILES string of the molecule is CC1CCCCC1CNC=O. The molecule has 1 aliphatic carbocycles. The predicted octanol–water partition coefficient (Wildman–Crippen LogP) is 1.56. The highest BCUT2D eigenvalue weighted by Gasteiger charge is 2.20. The van der Waals surface area contributed by atoms with Crippen LogP contribution in [0.1, 0.15) is 32.6 Å². The Bertz CT molecular complexity index is 125. The molecule has 0 radical (unpaired) electrons. The Morgan fingerprint density at radius 1 is 1.45 bits per heavy atom. The summed E-state index contributed by atoms with van der Waals surface area (Å²) >= 11 is 0. The minimum atomic E-state index is 0.731. The maximum atomic E-state index is 10.0. The highest BCUT2D eigenvalue weighted by molar-refractivity contribution is 5.45. The van der Waals surface area contributed by atoms with Crippen molar-refractivity contribution in [2.24, 2.45) is 11.8 Å². The van der Waals surface area contributed by atoms with E-state index < -0.39 is 0 Å². The minimum absolute atomic E-state index is 0.731. The van der Waals surface area contributed by atoms with Crippen LogP contribution in [0.4, 0.5) is 0 Å². The molecule has 0 heterocycles. The Labute approximate surface area is 68.4 Å². The van der Waals surface area contributed by atoms with Crippen LogP contribution >= 0.6 is 0 Å². The van der Waals surface area contributed by atoms with Crippen molar-refractivity contribution in [3.8, 4) is 0 Å². The first kappa shape index (κ1) is 8.57. The largest absolute Gasteiger partial charge is 0.358 e. The van der Waals surface area contributed by atoms with Gasteiger partial charge in [0.15, 0.2) is 0 Å². The molecule has 2 nitrogen and oxygen atoms in total. The van der Waals surface area contributed by atoms with Gasteiger partial charge in [-0.3, -0.25) is 4.79 Å². The summed E-state index contributed by atoms with van der Waals surface area (Å²) in [7, 11) is 0. The lowest BCUT2D eigenvalue weighted by Crippen LogP contribution is -2.28. The Hall–Kier alpha value is -0.530. The smallest absolute Gasteiger partial charge is 0.207 e. The zero-order chi connectivity index (χ0) is 8.10. The average Bonchev–Trinajstić information content (AvgIpc) is 2.03. The Morgan fingerprint density at radius 3 is 2.82 bits per heavy atom. The molecule has 0 aromatic heterocycles. The van der Waals surface area contributed by atoms with Crippen molar-refractivity contribution < 1.29 is 4.79 Å². The van der Waals surface area contributed by atoms with Gasteiger partial charge in [-0.2, -0.15) is 0 Å². The van der Waals surface area contributed by atoms with Crippen LogP contribution in [-0.4, -0.2) is 13.0 Å². The zero-order valence-electron chi connectivity index (χ0n) is 7.18. The zero-order valence-corrected chi connectivity index (χ0v) is 7.18. The van der Waals surface area contributed by atoms with E-state index in [0.717, 1.165) is 24.8 Å². The van der Waals surface area contributed by atoms with Crippen LogP contribution in [0.2, 0.25) is 0 Å². The lowest BCUT2D eigenvalue weighted by molar-refractivity contribution is -0.109. The van der Waals surface area contributed by atoms with E-state index in [1.54, 1.807) is 0 Å². The number of hydrogen-bond acceptors (Lipinski definition) is 1. The molecule has 11 heavy (non-hydrogen) atoms. The third-order valence-corrected chi connectivity index (χ3v) is 2.75. The van der Waals surface area contributed by atoms with Crippen LogP contribution in [0.25, 0.3) is 0 Å². The van der Waals surface area contributed by atoms with Crippen LogP contribution in [0.15, 0.2) is 0 Å². The number of amides is 1. The second kappa shape index (κ2) is 4.37. The van der Waals surface area contributed by atoms with Gasteiger partial charge in [0.1, 0.15) is 0 Å². The monoisotopic (exact) mass is 155 g/mol. The van der Waals surface area contributed by atoms with E-state index in [4.69, 9.17) is 0 Å². The van der Waals surface area contributed by atoms with Gasteiger partial charge in [0.05, 0.1) is 0 Å². The molecule has 0 aromatic carbocycles. The number of nitrogens with one attached hydrogen (secondary N) is 1. The topological polar surface area (TPSA) is 29.1 Å². The van der Waals surface area contributed by atoms with Crippen LogP contribution in [0.3, 0.4) is 0 Å². The van der Waals surface area contributed by atoms with E-state index in [0.29, 0.717) is 0 Å². The normalized spacial score (nSPS) is 31.4. The van der Waals surface area contributed by atoms with Gasteiger partial charge in [0, 0.05) is 6.54 Å². The summed E-state index contributed by atoms with van der Waals surface area (Å²) in [5.41, 5.74) is 0. The van der Waals surface area contributed by atoms with Crippen LogP contribution < -0.4 is 5.32 Å². The summed E-state index contributed by atoms with van der Waals surface area (Å²) in [5.74, 6) is 1.53. The van der Waals surface area contributed by atoms with Gasteiger partial charge in [-0.05, 0) is 18.3 Å². The van der Waals surface area contributed by atoms with Crippen molar-refractivity contribution >= 4 is 6.41 Å². The average molecular weight is 155 g/mol. The molecule has 0 aromatic rings. The van der Waals surface area contributed by atoms with E-state index in [1.807, 2.05) is 0 Å². The van der Waals surface area contributed by atoms with Gasteiger partial charge in [-0.15, -0.1) is 0 Å². The fraction of sp³-hybridized carbons (Fsp3) is 0.889. The number of hydrogen-bond donors (Lipinski definition) is 1. The van der Waals surface area contributed by atoms with E-state index in [1.165, 1.54) is 25.7 Å². The molecule has 1 amide bonds. The summed E-state index contributed by atoms with van der Waals surface area (Å²) in [5, 5.41) is 2.77. The maximum Gasteiger partial charge on any atom is 0.207 e. The van der Waals surface area contributed by atoms with Crippen LogP contribution in [0.5, 0.6) is 0 Å². The highest BCUT2D eigenvalue weighted by Crippen LogP contribution is 2.28. The van der Waals surface area contributed by atoms with Crippen molar-refractivity contribution in [2.45, 2.75) is 32.6 Å². The van der Waals surface area contributed by atoms with Crippen LogP contribution in [0, 0.1) is 11.8 Å². The summed E-state index contributed by atoms with van der Waals surface area (Å²) in [4.78, 5) is 10.0. The first-order chi connectivity index (χ1) is 5.34. The van der Waals surface area contributed by atoms with Crippen LogP contribution in [-0.2, 0) is 4.79 Å². The van der Waals surface area contributed by atoms with E-state index >= 15 is 0 Å². The maximum absolute atomic E-state index is 10.0. The van der Waals surface area contributed by atoms with E-state index in [9.17, 15) is 4.79 Å². The number of rotatable bonds is 3. The Balaban J connectivity index is 2.23. The van der Waals surface area contributed by atoms with Gasteiger partial charge < -0.3 is 5.32 Å². The van der Waals surface area contributed by atoms with Crippen molar-refractivity contribution in [3.05, 3.63) is 0 Å². The van der Waals surface area contributed by atoms with E-state index in [-0.39, 0.29) is 0 Å². The lowest BCUT2D eigenvalue weighted by atomic mass is 9.80. The summed E-state index contributed by atoms with van der Waals surface area (Å²) < 4.78 is 0. The molecule has 1 aliphatic rings. The molecule has 2 heteroatoms. The van der Waals surface area contributed by atoms with Gasteiger partial charge in [-0.1, -0.05) is 26.2 Å². The molecule has 64 valence electrons. The third kappa shape index (κ3) is 2.52. The molecule has 1 saturated carbocycles. The fourth-order valence-electron chi connectivity index (χ4n) is 1.90. The van der Waals surface area contributed by atoms with Gasteiger partial charge >= 0.3 is 0 Å². The summed E-state index contributed by atoms with van der Waals surface area (Å²) in [6.07, 6.45) is 6.16. The molecule has 0 spiro atoms. The Kier molecular flexibility index (Phi) is 3.40. The molecule has 0 bridgehead atoms. The molecule has 2 unspecified atom stereocenters. The summed E-state index contributed by atoms with van der Waals surface area (Å²) in [6.45, 7) is 3.17. The standard InChI is InChI=1S/C9H17NO/c1-8-4-2-3-5-9(8)6-10-7-11/h7-9H,2-6H2,1H3,(H,10,11). The molecular formula is C9H17NO. The van der Waals surface area contributed by atoms with Gasteiger partial charge in [0.2, 0.25) is 6.41 Å². The Morgan fingerprint density at radius 2 is 2.18 bits per heavy atom. The summed E-state index contributed by atoms with van der Waals surface area (Å²) in [6, 6.07) is 0. The first-order valence-corrected chi connectivity index (χ1v) is 4.51. The second-order valence-electron chi connectivity index (χ2n) is 3.55.